The SMILES string of the molecule is N#Cc1ccc2c(oc3ccccc32)c1-c1cccc2c1oc1ccccc12.O=C(O)c1ccc2c(oc3ccccc32)c1-c1cccc2c1oc1ccccc12. The normalized spacial score (nSPS) is 11.6. The van der Waals surface area contributed by atoms with Gasteiger partial charge in [0.1, 0.15) is 44.7 Å². The number of hydrogen-bond acceptors (Lipinski definition) is 6. The van der Waals surface area contributed by atoms with Gasteiger partial charge < -0.3 is 22.8 Å². The van der Waals surface area contributed by atoms with Crippen molar-refractivity contribution in [3.05, 3.63) is 169 Å². The first-order valence-corrected chi connectivity index (χ1v) is 18.4. The third kappa shape index (κ3) is 4.88. The predicted octanol–water partition coefficient (Wildman–Crippen LogP) is 13.9. The molecule has 12 rings (SSSR count). The zero-order valence-corrected chi connectivity index (χ0v) is 29.9. The third-order valence-corrected chi connectivity index (χ3v) is 10.8. The number of carboxylic acid groups (broad SMARTS) is 1. The van der Waals surface area contributed by atoms with Gasteiger partial charge in [-0.05, 0) is 48.5 Å². The largest absolute Gasteiger partial charge is 0.478 e. The second-order valence-electron chi connectivity index (χ2n) is 13.9. The fourth-order valence-corrected chi connectivity index (χ4v) is 8.27. The fraction of sp³-hybridized carbons (Fsp3) is 0. The maximum Gasteiger partial charge on any atom is 0.336 e. The zero-order valence-electron chi connectivity index (χ0n) is 29.9. The molecule has 0 saturated carbocycles. The van der Waals surface area contributed by atoms with Gasteiger partial charge in [0.15, 0.2) is 0 Å². The smallest absolute Gasteiger partial charge is 0.336 e. The zero-order chi connectivity index (χ0) is 38.2. The van der Waals surface area contributed by atoms with E-state index in [0.717, 1.165) is 82.1 Å². The van der Waals surface area contributed by atoms with E-state index >= 15 is 0 Å². The van der Waals surface area contributed by atoms with Crippen LogP contribution in [0, 0.1) is 11.3 Å². The van der Waals surface area contributed by atoms with Crippen LogP contribution in [0.3, 0.4) is 0 Å². The molecule has 12 aromatic rings. The molecule has 4 aromatic heterocycles. The highest BCUT2D eigenvalue weighted by Gasteiger charge is 2.24. The predicted molar refractivity (Wildman–Crippen MR) is 225 cm³/mol. The van der Waals surface area contributed by atoms with Gasteiger partial charge in [-0.2, -0.15) is 5.26 Å². The first-order chi connectivity index (χ1) is 28.1. The Balaban J connectivity index is 0.000000131. The molecule has 57 heavy (non-hydrogen) atoms. The molecular weight excluding hydrogens is 711 g/mol. The van der Waals surface area contributed by atoms with Gasteiger partial charge in [0.2, 0.25) is 0 Å². The summed E-state index contributed by atoms with van der Waals surface area (Å²) in [5.74, 6) is -1.00. The van der Waals surface area contributed by atoms with E-state index in [-0.39, 0.29) is 5.56 Å². The number of carboxylic acids is 1. The van der Waals surface area contributed by atoms with Crippen molar-refractivity contribution in [3.8, 4) is 28.3 Å². The average Bonchev–Trinajstić information content (AvgIpc) is 4.03. The molecule has 7 heteroatoms. The summed E-state index contributed by atoms with van der Waals surface area (Å²) >= 11 is 0. The lowest BCUT2D eigenvalue weighted by Crippen LogP contribution is -2.00. The van der Waals surface area contributed by atoms with E-state index in [2.05, 4.69) is 18.2 Å². The Morgan fingerprint density at radius 1 is 0.404 bits per heavy atom. The number of fused-ring (bicyclic) bond motifs is 12. The van der Waals surface area contributed by atoms with Crippen molar-refractivity contribution in [2.45, 2.75) is 0 Å². The van der Waals surface area contributed by atoms with Gasteiger partial charge in [0.05, 0.1) is 17.2 Å². The lowest BCUT2D eigenvalue weighted by Gasteiger charge is -2.08. The number of carbonyl (C=O) groups is 1. The van der Waals surface area contributed by atoms with Crippen LogP contribution in [0.2, 0.25) is 0 Å². The molecule has 0 unspecified atom stereocenters. The van der Waals surface area contributed by atoms with Gasteiger partial charge in [-0.1, -0.05) is 109 Å². The number of para-hydroxylation sites is 6. The minimum Gasteiger partial charge on any atom is -0.478 e. The van der Waals surface area contributed by atoms with Crippen LogP contribution >= 0.6 is 0 Å². The molecule has 0 atom stereocenters. The molecule has 0 saturated heterocycles. The van der Waals surface area contributed by atoms with Crippen molar-refractivity contribution >= 4 is 93.7 Å². The summed E-state index contributed by atoms with van der Waals surface area (Å²) in [5, 5.41) is 27.6. The molecule has 0 radical (unpaired) electrons. The summed E-state index contributed by atoms with van der Waals surface area (Å²) in [6, 6.07) is 52.9. The van der Waals surface area contributed by atoms with Crippen molar-refractivity contribution in [2.24, 2.45) is 0 Å². The van der Waals surface area contributed by atoms with Crippen LogP contribution < -0.4 is 0 Å². The van der Waals surface area contributed by atoms with Gasteiger partial charge in [0.25, 0.3) is 0 Å². The van der Waals surface area contributed by atoms with Crippen molar-refractivity contribution < 1.29 is 27.6 Å². The maximum absolute atomic E-state index is 12.1. The number of furan rings is 4. The highest BCUT2D eigenvalue weighted by molar-refractivity contribution is 6.19. The van der Waals surface area contributed by atoms with Crippen molar-refractivity contribution in [3.63, 3.8) is 0 Å². The molecule has 7 nitrogen and oxygen atoms in total. The fourth-order valence-electron chi connectivity index (χ4n) is 8.27. The van der Waals surface area contributed by atoms with Crippen molar-refractivity contribution in [1.82, 2.24) is 0 Å². The molecule has 0 fully saturated rings. The molecule has 0 bridgehead atoms. The van der Waals surface area contributed by atoms with Crippen LogP contribution in [-0.4, -0.2) is 11.1 Å². The molecule has 0 spiro atoms. The molecule has 0 aliphatic heterocycles. The Kier molecular flexibility index (Phi) is 7.09. The lowest BCUT2D eigenvalue weighted by molar-refractivity contribution is 0.0697. The standard InChI is InChI=1S/C25H13NO2.C25H14O4/c26-14-15-12-13-19-17-7-2-4-11-22(17)28-25(19)23(15)20-9-5-8-18-16-6-1-3-10-21(16)27-24(18)20;26-25(27)19-13-12-17-15-7-2-4-11-21(15)29-24(17)22(19)18-9-5-8-16-14-6-1-3-10-20(14)28-23(16)18/h1-13H;1-13H,(H,26,27). The van der Waals surface area contributed by atoms with Crippen LogP contribution in [-0.2, 0) is 0 Å². The summed E-state index contributed by atoms with van der Waals surface area (Å²) < 4.78 is 24.7. The minimum atomic E-state index is -1.00. The second-order valence-corrected chi connectivity index (χ2v) is 13.9. The Bertz CT molecular complexity index is 3640. The lowest BCUT2D eigenvalue weighted by atomic mass is 9.95. The molecule has 4 heterocycles. The summed E-state index contributed by atoms with van der Waals surface area (Å²) in [4.78, 5) is 12.1. The number of aromatic carboxylic acids is 1. The quantitative estimate of drug-likeness (QED) is 0.192. The van der Waals surface area contributed by atoms with Crippen LogP contribution in [0.25, 0.3) is 110 Å². The Hall–Kier alpha value is -8.08. The maximum atomic E-state index is 12.1. The first kappa shape index (κ1) is 32.4. The highest BCUT2D eigenvalue weighted by atomic mass is 16.4. The van der Waals surface area contributed by atoms with Gasteiger partial charge >= 0.3 is 5.97 Å². The van der Waals surface area contributed by atoms with Crippen LogP contribution in [0.1, 0.15) is 15.9 Å². The van der Waals surface area contributed by atoms with Crippen molar-refractivity contribution in [1.29, 1.82) is 5.26 Å². The van der Waals surface area contributed by atoms with E-state index in [1.807, 2.05) is 140 Å². The summed E-state index contributed by atoms with van der Waals surface area (Å²) in [6.45, 7) is 0. The van der Waals surface area contributed by atoms with E-state index in [1.165, 1.54) is 0 Å². The van der Waals surface area contributed by atoms with Gasteiger partial charge in [-0.25, -0.2) is 4.79 Å². The highest BCUT2D eigenvalue weighted by Crippen LogP contribution is 2.44. The number of rotatable bonds is 3. The molecule has 1 N–H and O–H groups in total. The van der Waals surface area contributed by atoms with Crippen LogP contribution in [0.4, 0.5) is 0 Å². The Labute approximate surface area is 322 Å². The molecule has 268 valence electrons. The Morgan fingerprint density at radius 3 is 1.23 bits per heavy atom. The molecule has 0 aliphatic rings. The summed E-state index contributed by atoms with van der Waals surface area (Å²) in [7, 11) is 0. The Morgan fingerprint density at radius 2 is 0.772 bits per heavy atom. The summed E-state index contributed by atoms with van der Waals surface area (Å²) in [5.41, 5.74) is 9.48. The van der Waals surface area contributed by atoms with Gasteiger partial charge in [-0.15, -0.1) is 0 Å². The minimum absolute atomic E-state index is 0.185. The number of nitriles is 1. The van der Waals surface area contributed by atoms with Gasteiger partial charge in [0, 0.05) is 65.3 Å². The summed E-state index contributed by atoms with van der Waals surface area (Å²) in [6.07, 6.45) is 0. The molecule has 0 amide bonds. The van der Waals surface area contributed by atoms with E-state index < -0.39 is 5.97 Å². The molecular formula is C50H27NO6. The monoisotopic (exact) mass is 737 g/mol. The molecule has 0 aliphatic carbocycles. The van der Waals surface area contributed by atoms with E-state index in [9.17, 15) is 15.2 Å². The third-order valence-electron chi connectivity index (χ3n) is 10.8. The van der Waals surface area contributed by atoms with Crippen molar-refractivity contribution in [2.75, 3.05) is 0 Å². The molecule has 8 aromatic carbocycles. The number of hydrogen-bond donors (Lipinski definition) is 1. The topological polar surface area (TPSA) is 114 Å². The van der Waals surface area contributed by atoms with Gasteiger partial charge in [-0.3, -0.25) is 0 Å². The van der Waals surface area contributed by atoms with E-state index in [4.69, 9.17) is 17.7 Å². The van der Waals surface area contributed by atoms with Crippen LogP contribution in [0.15, 0.2) is 175 Å². The first-order valence-electron chi connectivity index (χ1n) is 18.4. The second kappa shape index (κ2) is 12.5. The number of nitrogens with zero attached hydrogens (tertiary/aromatic N) is 1. The van der Waals surface area contributed by atoms with Crippen LogP contribution in [0.5, 0.6) is 0 Å². The average molecular weight is 738 g/mol. The van der Waals surface area contributed by atoms with E-state index in [1.54, 1.807) is 6.07 Å². The number of benzene rings is 8. The van der Waals surface area contributed by atoms with E-state index in [0.29, 0.717) is 33.4 Å².